The SMILES string of the molecule is C=C[C@@H]1C[C@]1(NC(=O)[C@@H]1C[C@@H](Oc2ncc(OC)c3ccc(Cl)cc23)CN1C(=O)[C@@H](NC(N)=S)C(C)(C)C)C(=O)NS(=O)(=O)C1CC1.C=C[C@@H]1C[C@]1(NC(=O)[C@@H]1C[C@@H](Oc2ncc(OC)c3ccc(Cl)cc23)CN1C(=O)[C@@H](Nc1nc(-c2ccc(C(F)(F)F)cc2)cs1)C(C)(C)C)C(=O)NS(=O)(=O)C1CC1.O=C(C(=O)C(F)(F)F)C(F)(F)F.O=C(CBr)c1ccc(C(F)(F)F)cc1. The number of carbonyl (C=O) groups is 9. The Morgan fingerprint density at radius 1 is 0.598 bits per heavy atom. The number of nitrogens with one attached hydrogen (secondary N) is 6. The second kappa shape index (κ2) is 39.9. The van der Waals surface area contributed by atoms with Crippen molar-refractivity contribution in [1.29, 1.82) is 0 Å². The van der Waals surface area contributed by atoms with E-state index in [1.54, 1.807) is 41.8 Å². The molecule has 29 nitrogen and oxygen atoms in total. The normalized spacial score (nSPS) is 21.1. The molecule has 0 spiro atoms. The molecule has 48 heteroatoms. The molecule has 6 aliphatic rings. The minimum absolute atomic E-state index is 0.0155. The number of ketones is 3. The second-order valence-corrected chi connectivity index (χ2v) is 40.3. The quantitative estimate of drug-likeness (QED) is 0.00628. The lowest BCUT2D eigenvalue weighted by atomic mass is 9.85. The van der Waals surface area contributed by atoms with E-state index in [0.29, 0.717) is 85.2 Å². The predicted octanol–water partition coefficient (Wildman–Crippen LogP) is 13.3. The molecule has 4 saturated carbocycles. The van der Waals surface area contributed by atoms with Crippen LogP contribution in [0.4, 0.5) is 57.8 Å². The highest BCUT2D eigenvalue weighted by Gasteiger charge is 2.64. The third-order valence-corrected chi connectivity index (χ3v) is 27.4. The van der Waals surface area contributed by atoms with Crippen LogP contribution in [0.25, 0.3) is 32.8 Å². The average Bonchev–Trinajstić information content (AvgIpc) is 1.57. The molecular formula is C84H87BrCl2F12N12O17S4. The molecule has 132 heavy (non-hydrogen) atoms. The number of benzene rings is 4. The van der Waals surface area contributed by atoms with E-state index in [9.17, 15) is 113 Å². The number of carbonyl (C=O) groups excluding carboxylic acids is 9. The minimum atomic E-state index is -5.77. The van der Waals surface area contributed by atoms with Gasteiger partial charge in [0.2, 0.25) is 55.4 Å². The Hall–Kier alpha value is -10.6. The van der Waals surface area contributed by atoms with Gasteiger partial charge in [-0.15, -0.1) is 24.5 Å². The highest BCUT2D eigenvalue weighted by atomic mass is 79.9. The lowest BCUT2D eigenvalue weighted by molar-refractivity contribution is -0.193. The molecule has 6 amide bonds. The fourth-order valence-corrected chi connectivity index (χ4v) is 18.6. The van der Waals surface area contributed by atoms with Crippen LogP contribution < -0.4 is 55.4 Å². The van der Waals surface area contributed by atoms with Gasteiger partial charge in [-0.3, -0.25) is 52.6 Å². The first kappa shape index (κ1) is 104. The zero-order valence-corrected chi connectivity index (χ0v) is 77.4. The van der Waals surface area contributed by atoms with Gasteiger partial charge in [-0.05, 0) is 122 Å². The number of ether oxygens (including phenoxy) is 4. The van der Waals surface area contributed by atoms with Gasteiger partial charge < -0.3 is 55.7 Å². The van der Waals surface area contributed by atoms with Gasteiger partial charge in [-0.25, -0.2) is 31.8 Å². The number of hydrogen-bond donors (Lipinski definition) is 7. The number of methoxy groups -OCH3 is 2. The number of hydrogen-bond acceptors (Lipinski definition) is 23. The molecular weight excluding hydrogens is 1960 g/mol. The number of sulfonamides is 2. The standard InChI is InChI=1S/C40H42ClF3N6O7S2.C31H39ClN6O7S2.C9H6BrF3O.C4F6O2/c1-6-22-17-39(22,36(53)49-59(54,55)26-12-13-26)48-33(51)30-16-25(57-34-28-15-24(41)11-14-27(28)31(56-5)18-45-34)19-50(30)35(52)32(38(2,3)4)47-37-46-29(20-58-37)21-7-9-23(10-8-21)40(42,43)44;1-6-16-13-31(16,28(41)37-47(42,43)19-8-9-19)36-25(39)22-12-18(15-38(22)27(40)24(30(2,3)4)35-29(33)46)45-26-21-11-17(32)7-10-20(21)23(44-5)14-34-26;10-5-8(14)6-1-3-7(4-2-6)9(11,12)13;5-3(6,7)1(11)2(12)4(8,9)10/h6-11,14-15,18,20,22,25-26,30,32H,1,12-13,16-17,19H2,2-5H3,(H,46,47)(H,48,51)(H,49,53);6-7,10-11,14,16,18-19,22,24H,1,8-9,12-13,15H2,2-5H3,(H,36,39)(H,37,41)(H3,33,35,46);1-4H,5H2;/t22-,25-,30+,32-,39-;16-,18-,22+,24-,31-;;/m11../s1. The highest BCUT2D eigenvalue weighted by Crippen LogP contribution is 2.49. The molecule has 2 aliphatic heterocycles. The Kier molecular flexibility index (Phi) is 31.3. The van der Waals surface area contributed by atoms with Gasteiger partial charge in [0.05, 0.1) is 72.4 Å². The number of nitrogens with zero attached hydrogens (tertiary/aromatic N) is 5. The van der Waals surface area contributed by atoms with Gasteiger partial charge in [0.15, 0.2) is 16.0 Å². The summed E-state index contributed by atoms with van der Waals surface area (Å²) in [6.07, 6.45) is -13.9. The van der Waals surface area contributed by atoms with E-state index < -0.39 is 184 Å². The lowest BCUT2D eigenvalue weighted by Crippen LogP contribution is -2.60. The van der Waals surface area contributed by atoms with Gasteiger partial charge in [0.25, 0.3) is 11.8 Å². The van der Waals surface area contributed by atoms with Crippen LogP contribution in [-0.2, 0) is 70.8 Å². The number of halogens is 15. The Labute approximate surface area is 775 Å². The summed E-state index contributed by atoms with van der Waals surface area (Å²) in [5.41, 5.74) is 0.763. The molecule has 0 bridgehead atoms. The topological polar surface area (TPSA) is 402 Å². The number of pyridine rings is 2. The van der Waals surface area contributed by atoms with Gasteiger partial charge >= 0.3 is 36.3 Å². The van der Waals surface area contributed by atoms with E-state index in [1.807, 2.05) is 41.5 Å². The van der Waals surface area contributed by atoms with Crippen molar-refractivity contribution in [3.05, 3.63) is 155 Å². The molecule has 0 radical (unpaired) electrons. The fraction of sp³-hybridized carbons (Fsp3) is 0.440. The van der Waals surface area contributed by atoms with Crippen LogP contribution in [0.1, 0.15) is 114 Å². The van der Waals surface area contributed by atoms with Gasteiger partial charge in [-0.1, -0.05) is 117 Å². The van der Waals surface area contributed by atoms with E-state index in [2.05, 4.69) is 74.8 Å². The zero-order valence-electron chi connectivity index (χ0n) is 71.0. The summed E-state index contributed by atoms with van der Waals surface area (Å²) >= 11 is 21.8. The molecule has 10 atom stereocenters. The smallest absolute Gasteiger partial charge is 0.458 e. The predicted molar refractivity (Wildman–Crippen MR) is 468 cm³/mol. The highest BCUT2D eigenvalue weighted by molar-refractivity contribution is 9.09. The summed E-state index contributed by atoms with van der Waals surface area (Å²) in [6.45, 7) is 18.4. The molecule has 13 rings (SSSR count). The summed E-state index contributed by atoms with van der Waals surface area (Å²) in [4.78, 5) is 131. The van der Waals surface area contributed by atoms with Crippen LogP contribution in [-0.4, -0.2) is 202 Å². The van der Waals surface area contributed by atoms with Crippen LogP contribution in [0.15, 0.2) is 128 Å². The third kappa shape index (κ3) is 24.7. The molecule has 3 aromatic heterocycles. The maximum absolute atomic E-state index is 14.8. The van der Waals surface area contributed by atoms with Crippen molar-refractivity contribution < 1.29 is 132 Å². The Morgan fingerprint density at radius 2 is 0.985 bits per heavy atom. The maximum atomic E-state index is 14.8. The number of aromatic nitrogens is 3. The summed E-state index contributed by atoms with van der Waals surface area (Å²) in [7, 11) is -4.80. The van der Waals surface area contributed by atoms with Crippen molar-refractivity contribution >= 4 is 167 Å². The maximum Gasteiger partial charge on any atom is 0.458 e. The molecule has 5 heterocycles. The first-order chi connectivity index (χ1) is 61.2. The van der Waals surface area contributed by atoms with Crippen molar-refractivity contribution in [1.82, 2.24) is 50.1 Å². The number of thiazole rings is 1. The van der Waals surface area contributed by atoms with Crippen LogP contribution in [0.2, 0.25) is 10.0 Å². The minimum Gasteiger partial charge on any atom is -0.494 e. The number of anilines is 1. The molecule has 0 unspecified atom stereocenters. The molecule has 2 saturated heterocycles. The second-order valence-electron chi connectivity index (χ2n) is 33.6. The molecule has 4 aromatic carbocycles. The summed E-state index contributed by atoms with van der Waals surface area (Å²) < 4.78 is 222. The molecule has 714 valence electrons. The largest absolute Gasteiger partial charge is 0.494 e. The van der Waals surface area contributed by atoms with E-state index in [1.165, 1.54) is 72.8 Å². The van der Waals surface area contributed by atoms with Crippen molar-refractivity contribution in [2.24, 2.45) is 28.4 Å². The molecule has 4 aliphatic carbocycles. The third-order valence-electron chi connectivity index (χ3n) is 21.9. The summed E-state index contributed by atoms with van der Waals surface area (Å²) in [5.74, 6) is -10.7. The van der Waals surface area contributed by atoms with E-state index in [-0.39, 0.29) is 72.3 Å². The number of nitrogens with two attached hydrogens (primary N) is 1. The van der Waals surface area contributed by atoms with Crippen LogP contribution in [0.5, 0.6) is 23.3 Å². The number of likely N-dealkylation sites (tertiary alicyclic amines) is 2. The van der Waals surface area contributed by atoms with E-state index in [4.69, 9.17) is 60.1 Å². The number of thiocarbonyl (C=S) groups is 1. The van der Waals surface area contributed by atoms with Crippen molar-refractivity contribution in [2.75, 3.05) is 38.0 Å². The Morgan fingerprint density at radius 3 is 1.32 bits per heavy atom. The van der Waals surface area contributed by atoms with Crippen molar-refractivity contribution in [2.45, 2.75) is 176 Å². The number of amides is 6. The Bertz CT molecular complexity index is 5860. The lowest BCUT2D eigenvalue weighted by Gasteiger charge is -2.35. The number of rotatable bonds is 27. The van der Waals surface area contributed by atoms with Gasteiger partial charge in [0, 0.05) is 72.8 Å². The number of alkyl halides is 13. The monoisotopic (exact) mass is 2040 g/mol. The molecule has 7 aromatic rings. The van der Waals surface area contributed by atoms with E-state index in [0.717, 1.165) is 35.6 Å². The number of Topliss-reactive ketones (excluding diaryl/α,β-unsaturated/α-hetero) is 3. The average molecular weight is 2040 g/mol. The summed E-state index contributed by atoms with van der Waals surface area (Å²) in [5, 5.41) is 15.6. The van der Waals surface area contributed by atoms with Crippen molar-refractivity contribution in [3.63, 3.8) is 0 Å². The van der Waals surface area contributed by atoms with Crippen molar-refractivity contribution in [3.8, 4) is 34.5 Å². The van der Waals surface area contributed by atoms with Crippen LogP contribution in [0, 0.1) is 22.7 Å². The number of fused-ring (bicyclic) bond motifs is 2. The van der Waals surface area contributed by atoms with Crippen LogP contribution >= 0.6 is 62.7 Å². The fourth-order valence-electron chi connectivity index (χ4n) is 14.3. The molecule has 6 fully saturated rings. The van der Waals surface area contributed by atoms with Gasteiger partial charge in [0.1, 0.15) is 59.0 Å². The Balaban J connectivity index is 0.000000218. The molecule has 8 N–H and O–H groups in total. The van der Waals surface area contributed by atoms with Gasteiger partial charge in [-0.2, -0.15) is 52.7 Å². The van der Waals surface area contributed by atoms with E-state index >= 15 is 0 Å². The first-order valence-corrected chi connectivity index (χ1v) is 46.2. The van der Waals surface area contributed by atoms with Crippen LogP contribution in [0.3, 0.4) is 0 Å². The summed E-state index contributed by atoms with van der Waals surface area (Å²) in [6, 6.07) is 14.8. The zero-order chi connectivity index (χ0) is 98.1. The first-order valence-electron chi connectivity index (χ1n) is 39.9.